The number of aryl methyl sites for hydroxylation is 1. The number of nitrogen functional groups attached to an aromatic ring is 1. The van der Waals surface area contributed by atoms with E-state index in [1.54, 1.807) is 22.5 Å². The number of hydrogen-bond donors (Lipinski definition) is 1. The molecule has 2 rings (SSSR count). The lowest BCUT2D eigenvalue weighted by Gasteiger charge is -2.30. The fraction of sp³-hybridized carbons (Fsp3) is 0.625. The lowest BCUT2D eigenvalue weighted by molar-refractivity contribution is 0.292. The van der Waals surface area contributed by atoms with Crippen LogP contribution in [0, 0.1) is 12.8 Å². The molecule has 0 spiro atoms. The van der Waals surface area contributed by atoms with E-state index in [9.17, 15) is 8.42 Å². The van der Waals surface area contributed by atoms with E-state index in [-0.39, 0.29) is 6.04 Å². The van der Waals surface area contributed by atoms with Gasteiger partial charge in [-0.1, -0.05) is 32.8 Å². The first kappa shape index (κ1) is 16.3. The van der Waals surface area contributed by atoms with Gasteiger partial charge in [-0.3, -0.25) is 0 Å². The van der Waals surface area contributed by atoms with E-state index in [0.29, 0.717) is 23.0 Å². The van der Waals surface area contributed by atoms with E-state index >= 15 is 0 Å². The average molecular weight is 310 g/mol. The first-order chi connectivity index (χ1) is 9.82. The normalized spacial score (nSPS) is 17.0. The zero-order valence-corrected chi connectivity index (χ0v) is 14.0. The Balaban J connectivity index is 2.43. The number of benzene rings is 1. The molecule has 1 aliphatic carbocycles. The molecule has 1 fully saturated rings. The molecule has 0 atom stereocenters. The molecule has 1 aromatic rings. The van der Waals surface area contributed by atoms with E-state index in [1.807, 2.05) is 6.92 Å². The Hall–Kier alpha value is -1.07. The third-order valence-electron chi connectivity index (χ3n) is 4.08. The van der Waals surface area contributed by atoms with Crippen LogP contribution in [0.1, 0.15) is 45.1 Å². The van der Waals surface area contributed by atoms with Crippen molar-refractivity contribution in [1.29, 1.82) is 0 Å². The summed E-state index contributed by atoms with van der Waals surface area (Å²) in [5.41, 5.74) is 7.05. The van der Waals surface area contributed by atoms with Crippen LogP contribution in [0.5, 0.6) is 0 Å². The highest BCUT2D eigenvalue weighted by Crippen LogP contribution is 2.31. The van der Waals surface area contributed by atoms with Crippen molar-refractivity contribution in [1.82, 2.24) is 4.31 Å². The molecule has 2 N–H and O–H groups in total. The third kappa shape index (κ3) is 3.58. The molecule has 0 saturated heterocycles. The van der Waals surface area contributed by atoms with Crippen LogP contribution in [0.3, 0.4) is 0 Å². The lowest BCUT2D eigenvalue weighted by Crippen LogP contribution is -2.41. The topological polar surface area (TPSA) is 63.4 Å². The molecule has 1 saturated carbocycles. The van der Waals surface area contributed by atoms with Gasteiger partial charge >= 0.3 is 0 Å². The second-order valence-electron chi connectivity index (χ2n) is 6.43. The molecule has 0 bridgehead atoms. The molecule has 1 aliphatic rings. The van der Waals surface area contributed by atoms with Crippen molar-refractivity contribution in [2.75, 3.05) is 12.3 Å². The summed E-state index contributed by atoms with van der Waals surface area (Å²) in [6, 6.07) is 5.26. The van der Waals surface area contributed by atoms with Crippen LogP contribution in [0.4, 0.5) is 5.69 Å². The summed E-state index contributed by atoms with van der Waals surface area (Å²) in [7, 11) is -3.48. The highest BCUT2D eigenvalue weighted by atomic mass is 32.2. The Bertz CT molecular complexity index is 590. The first-order valence-corrected chi connectivity index (χ1v) is 9.14. The van der Waals surface area contributed by atoms with E-state index in [0.717, 1.165) is 31.2 Å². The lowest BCUT2D eigenvalue weighted by atomic mass is 10.2. The summed E-state index contributed by atoms with van der Waals surface area (Å²) >= 11 is 0. The van der Waals surface area contributed by atoms with Gasteiger partial charge < -0.3 is 5.73 Å². The molecule has 0 aromatic heterocycles. The van der Waals surface area contributed by atoms with Crippen molar-refractivity contribution in [2.24, 2.45) is 5.92 Å². The van der Waals surface area contributed by atoms with Gasteiger partial charge in [0.1, 0.15) is 0 Å². The Morgan fingerprint density at radius 2 is 1.90 bits per heavy atom. The van der Waals surface area contributed by atoms with Crippen LogP contribution < -0.4 is 5.73 Å². The van der Waals surface area contributed by atoms with E-state index in [2.05, 4.69) is 13.8 Å². The fourth-order valence-electron chi connectivity index (χ4n) is 3.02. The van der Waals surface area contributed by atoms with Crippen molar-refractivity contribution < 1.29 is 8.42 Å². The minimum Gasteiger partial charge on any atom is -0.399 e. The number of nitrogens with two attached hydrogens (primary N) is 1. The number of rotatable bonds is 5. The molecule has 21 heavy (non-hydrogen) atoms. The molecule has 0 aliphatic heterocycles. The molecule has 118 valence electrons. The van der Waals surface area contributed by atoms with Crippen molar-refractivity contribution >= 4 is 15.7 Å². The molecule has 0 amide bonds. The molecule has 0 unspecified atom stereocenters. The van der Waals surface area contributed by atoms with Crippen LogP contribution in [0.15, 0.2) is 23.1 Å². The Morgan fingerprint density at radius 1 is 1.29 bits per heavy atom. The summed E-state index contributed by atoms with van der Waals surface area (Å²) in [4.78, 5) is 0.357. The molecule has 0 heterocycles. The summed E-state index contributed by atoms with van der Waals surface area (Å²) in [5.74, 6) is 0.307. The molecular weight excluding hydrogens is 284 g/mol. The molecule has 4 nitrogen and oxygen atoms in total. The summed E-state index contributed by atoms with van der Waals surface area (Å²) < 4.78 is 27.9. The SMILES string of the molecule is Cc1ccc(N)cc1S(=O)(=O)N(CC(C)C)C1CCCC1. The van der Waals surface area contributed by atoms with Gasteiger partial charge in [0, 0.05) is 18.3 Å². The Morgan fingerprint density at radius 3 is 2.48 bits per heavy atom. The van der Waals surface area contributed by atoms with Gasteiger partial charge in [0.05, 0.1) is 4.90 Å². The number of nitrogens with zero attached hydrogens (tertiary/aromatic N) is 1. The van der Waals surface area contributed by atoms with Crippen LogP contribution in [0.25, 0.3) is 0 Å². The van der Waals surface area contributed by atoms with Crippen LogP contribution in [-0.4, -0.2) is 25.3 Å². The van der Waals surface area contributed by atoms with Gasteiger partial charge in [-0.25, -0.2) is 8.42 Å². The quantitative estimate of drug-likeness (QED) is 0.850. The molecule has 1 aromatic carbocycles. The second kappa shape index (κ2) is 6.36. The van der Waals surface area contributed by atoms with Crippen LogP contribution in [-0.2, 0) is 10.0 Å². The highest BCUT2D eigenvalue weighted by Gasteiger charge is 2.34. The standard InChI is InChI=1S/C16H26N2O2S/c1-12(2)11-18(15-6-4-5-7-15)21(19,20)16-10-14(17)9-8-13(16)3/h8-10,12,15H,4-7,11,17H2,1-3H3. The minimum absolute atomic E-state index is 0.137. The van der Waals surface area contributed by atoms with Gasteiger partial charge in [0.15, 0.2) is 0 Å². The summed E-state index contributed by atoms with van der Waals surface area (Å²) in [5, 5.41) is 0. The van der Waals surface area contributed by atoms with Crippen molar-refractivity contribution in [2.45, 2.75) is 57.4 Å². The number of anilines is 1. The van der Waals surface area contributed by atoms with Crippen LogP contribution >= 0.6 is 0 Å². The van der Waals surface area contributed by atoms with E-state index in [4.69, 9.17) is 5.73 Å². The second-order valence-corrected chi connectivity index (χ2v) is 8.29. The zero-order valence-electron chi connectivity index (χ0n) is 13.2. The van der Waals surface area contributed by atoms with E-state index < -0.39 is 10.0 Å². The van der Waals surface area contributed by atoms with Gasteiger partial charge in [0.25, 0.3) is 0 Å². The number of hydrogen-bond acceptors (Lipinski definition) is 3. The smallest absolute Gasteiger partial charge is 0.243 e. The minimum atomic E-state index is -3.48. The highest BCUT2D eigenvalue weighted by molar-refractivity contribution is 7.89. The van der Waals surface area contributed by atoms with Gasteiger partial charge in [-0.15, -0.1) is 0 Å². The molecule has 0 radical (unpaired) electrons. The summed E-state index contributed by atoms with van der Waals surface area (Å²) in [6.45, 7) is 6.52. The summed E-state index contributed by atoms with van der Waals surface area (Å²) in [6.07, 6.45) is 4.16. The molecular formula is C16H26N2O2S. The maximum absolute atomic E-state index is 13.1. The van der Waals surface area contributed by atoms with Crippen molar-refractivity contribution in [3.05, 3.63) is 23.8 Å². The van der Waals surface area contributed by atoms with Gasteiger partial charge in [0.2, 0.25) is 10.0 Å². The average Bonchev–Trinajstić information content (AvgIpc) is 2.92. The van der Waals surface area contributed by atoms with Crippen LogP contribution in [0.2, 0.25) is 0 Å². The largest absolute Gasteiger partial charge is 0.399 e. The van der Waals surface area contributed by atoms with E-state index in [1.165, 1.54) is 0 Å². The van der Waals surface area contributed by atoms with Gasteiger partial charge in [-0.05, 0) is 43.4 Å². The van der Waals surface area contributed by atoms with Gasteiger partial charge in [-0.2, -0.15) is 4.31 Å². The van der Waals surface area contributed by atoms with Crippen molar-refractivity contribution in [3.8, 4) is 0 Å². The maximum atomic E-state index is 13.1. The number of sulfonamides is 1. The predicted octanol–water partition coefficient (Wildman–Crippen LogP) is 3.17. The maximum Gasteiger partial charge on any atom is 0.243 e. The monoisotopic (exact) mass is 310 g/mol. The fourth-order valence-corrected chi connectivity index (χ4v) is 5.13. The zero-order chi connectivity index (χ0) is 15.6. The third-order valence-corrected chi connectivity index (χ3v) is 6.14. The van der Waals surface area contributed by atoms with Crippen molar-refractivity contribution in [3.63, 3.8) is 0 Å². The predicted molar refractivity (Wildman–Crippen MR) is 86.6 cm³/mol. The molecule has 5 heteroatoms. The Kier molecular flexibility index (Phi) is 4.94. The first-order valence-electron chi connectivity index (χ1n) is 7.70. The Labute approximate surface area is 128 Å².